The smallest absolute Gasteiger partial charge is 0.206 e. The molecule has 1 aromatic carbocycles. The molecule has 23 heavy (non-hydrogen) atoms. The molecule has 0 N–H and O–H groups in total. The van der Waals surface area contributed by atoms with Crippen LogP contribution < -0.4 is 0 Å². The van der Waals surface area contributed by atoms with Crippen molar-refractivity contribution in [1.82, 2.24) is 0 Å². The highest BCUT2D eigenvalue weighted by atomic mass is 19.4. The average Bonchev–Trinajstić information content (AvgIpc) is 2.51. The van der Waals surface area contributed by atoms with Crippen molar-refractivity contribution in [1.29, 1.82) is 0 Å². The molecule has 1 saturated carbocycles. The summed E-state index contributed by atoms with van der Waals surface area (Å²) in [5.41, 5.74) is -1.01. The Morgan fingerprint density at radius 3 is 2.43 bits per heavy atom. The summed E-state index contributed by atoms with van der Waals surface area (Å²) < 4.78 is 50.8. The molecule has 0 aromatic heterocycles. The highest BCUT2D eigenvalue weighted by molar-refractivity contribution is 5.39. The molecule has 0 aliphatic heterocycles. The van der Waals surface area contributed by atoms with E-state index in [0.717, 1.165) is 30.9 Å². The summed E-state index contributed by atoms with van der Waals surface area (Å²) in [6.45, 7) is 2.22. The predicted molar refractivity (Wildman–Crippen MR) is 83.2 cm³/mol. The molecule has 1 aromatic rings. The number of alkyl halides is 3. The Hall–Kier alpha value is -1.76. The van der Waals surface area contributed by atoms with Crippen molar-refractivity contribution in [2.75, 3.05) is 0 Å². The molecule has 2 rings (SSSR count). The fourth-order valence-electron chi connectivity index (χ4n) is 2.92. The van der Waals surface area contributed by atoms with Gasteiger partial charge in [0.05, 0.1) is 5.56 Å². The van der Waals surface area contributed by atoms with Gasteiger partial charge in [0, 0.05) is 5.56 Å². The molecule has 0 spiro atoms. The van der Waals surface area contributed by atoms with E-state index in [1.54, 1.807) is 6.08 Å². The molecule has 4 heteroatoms. The second-order valence-electron chi connectivity index (χ2n) is 6.01. The summed E-state index contributed by atoms with van der Waals surface area (Å²) in [7, 11) is 0. The topological polar surface area (TPSA) is 0 Å². The lowest BCUT2D eigenvalue weighted by Gasteiger charge is -2.25. The molecule has 0 heterocycles. The van der Waals surface area contributed by atoms with Gasteiger partial charge >= 0.3 is 6.18 Å². The van der Waals surface area contributed by atoms with Crippen molar-refractivity contribution < 1.29 is 17.6 Å². The zero-order chi connectivity index (χ0) is 16.9. The standard InChI is InChI=1S/C19H20F4/c1-2-14-7-9-15(10-8-14)5-3-4-6-16-11-12-17(18(20)13-16)19(21,22)23/h3,5,11-15H,2,7-10H2,1H3/t14-,15-. The third-order valence-electron chi connectivity index (χ3n) is 4.41. The molecule has 124 valence electrons. The minimum Gasteiger partial charge on any atom is -0.206 e. The van der Waals surface area contributed by atoms with E-state index in [4.69, 9.17) is 0 Å². The van der Waals surface area contributed by atoms with Gasteiger partial charge in [0.2, 0.25) is 0 Å². The fraction of sp³-hybridized carbons (Fsp3) is 0.474. The summed E-state index contributed by atoms with van der Waals surface area (Å²) in [5, 5.41) is 0. The minimum absolute atomic E-state index is 0.245. The largest absolute Gasteiger partial charge is 0.419 e. The van der Waals surface area contributed by atoms with Gasteiger partial charge in [-0.15, -0.1) is 0 Å². The second kappa shape index (κ2) is 7.68. The van der Waals surface area contributed by atoms with E-state index in [2.05, 4.69) is 24.8 Å². The van der Waals surface area contributed by atoms with Crippen molar-refractivity contribution in [3.63, 3.8) is 0 Å². The van der Waals surface area contributed by atoms with Gasteiger partial charge in [-0.25, -0.2) is 4.39 Å². The minimum atomic E-state index is -4.67. The van der Waals surface area contributed by atoms with Gasteiger partial charge in [-0.2, -0.15) is 13.2 Å². The van der Waals surface area contributed by atoms with Crippen LogP contribution in [0.1, 0.15) is 50.2 Å². The van der Waals surface area contributed by atoms with Gasteiger partial charge in [0.1, 0.15) is 5.82 Å². The maximum Gasteiger partial charge on any atom is 0.419 e. The first-order valence-corrected chi connectivity index (χ1v) is 7.95. The lowest BCUT2D eigenvalue weighted by Crippen LogP contribution is -2.11. The third-order valence-corrected chi connectivity index (χ3v) is 4.41. The van der Waals surface area contributed by atoms with Crippen LogP contribution in [0.25, 0.3) is 0 Å². The van der Waals surface area contributed by atoms with Gasteiger partial charge in [-0.3, -0.25) is 0 Å². The van der Waals surface area contributed by atoms with E-state index >= 15 is 0 Å². The Balaban J connectivity index is 1.95. The van der Waals surface area contributed by atoms with Gasteiger partial charge in [0.15, 0.2) is 0 Å². The number of halogens is 4. The first-order chi connectivity index (χ1) is 10.9. The van der Waals surface area contributed by atoms with Gasteiger partial charge in [0.25, 0.3) is 0 Å². The van der Waals surface area contributed by atoms with Crippen LogP contribution in [0.15, 0.2) is 30.4 Å². The number of allylic oxidation sites excluding steroid dienone is 2. The quantitative estimate of drug-likeness (QED) is 0.464. The molecule has 0 atom stereocenters. The second-order valence-corrected chi connectivity index (χ2v) is 6.01. The first-order valence-electron chi connectivity index (χ1n) is 7.95. The SMILES string of the molecule is CC[C@H]1CC[C@H](C=CC#Cc2ccc(C(F)(F)F)c(F)c2)CC1. The van der Waals surface area contributed by atoms with Crippen LogP contribution in [0.5, 0.6) is 0 Å². The Morgan fingerprint density at radius 2 is 1.87 bits per heavy atom. The molecule has 0 bridgehead atoms. The number of hydrogen-bond donors (Lipinski definition) is 0. The van der Waals surface area contributed by atoms with Crippen molar-refractivity contribution in [3.05, 3.63) is 47.3 Å². The third kappa shape index (κ3) is 5.13. The summed E-state index contributed by atoms with van der Waals surface area (Å²) in [5.74, 6) is 5.53. The Labute approximate surface area is 134 Å². The molecule has 0 nitrogen and oxygen atoms in total. The van der Waals surface area contributed by atoms with Gasteiger partial charge in [-0.1, -0.05) is 31.3 Å². The highest BCUT2D eigenvalue weighted by Crippen LogP contribution is 2.32. The van der Waals surface area contributed by atoms with Crippen LogP contribution in [-0.4, -0.2) is 0 Å². The van der Waals surface area contributed by atoms with E-state index in [0.29, 0.717) is 5.92 Å². The molecule has 0 unspecified atom stereocenters. The van der Waals surface area contributed by atoms with E-state index in [-0.39, 0.29) is 5.56 Å². The summed E-state index contributed by atoms with van der Waals surface area (Å²) in [4.78, 5) is 0. The molecular formula is C19H20F4. The fourth-order valence-corrected chi connectivity index (χ4v) is 2.92. The lowest BCUT2D eigenvalue weighted by molar-refractivity contribution is -0.140. The normalized spacial score (nSPS) is 22.0. The van der Waals surface area contributed by atoms with Crippen molar-refractivity contribution in [2.45, 2.75) is 45.2 Å². The monoisotopic (exact) mass is 324 g/mol. The maximum absolute atomic E-state index is 13.4. The summed E-state index contributed by atoms with van der Waals surface area (Å²) >= 11 is 0. The van der Waals surface area contributed by atoms with Crippen molar-refractivity contribution in [3.8, 4) is 11.8 Å². The number of hydrogen-bond acceptors (Lipinski definition) is 0. The van der Waals surface area contributed by atoms with E-state index in [9.17, 15) is 17.6 Å². The van der Waals surface area contributed by atoms with E-state index in [1.165, 1.54) is 25.3 Å². The van der Waals surface area contributed by atoms with Crippen LogP contribution in [-0.2, 0) is 6.18 Å². The van der Waals surface area contributed by atoms with Crippen LogP contribution in [0.2, 0.25) is 0 Å². The van der Waals surface area contributed by atoms with Crippen LogP contribution >= 0.6 is 0 Å². The van der Waals surface area contributed by atoms with Crippen LogP contribution in [0.4, 0.5) is 17.6 Å². The zero-order valence-corrected chi connectivity index (χ0v) is 13.1. The summed E-state index contributed by atoms with van der Waals surface area (Å²) in [6, 6.07) is 2.75. The van der Waals surface area contributed by atoms with E-state index in [1.807, 2.05) is 0 Å². The molecule has 0 amide bonds. The predicted octanol–water partition coefficient (Wildman–Crippen LogP) is 5.97. The Morgan fingerprint density at radius 1 is 1.17 bits per heavy atom. The maximum atomic E-state index is 13.4. The molecule has 1 aliphatic carbocycles. The molecule has 1 aliphatic rings. The zero-order valence-electron chi connectivity index (χ0n) is 13.1. The van der Waals surface area contributed by atoms with Gasteiger partial charge in [-0.05, 0) is 61.8 Å². The Kier molecular flexibility index (Phi) is 5.87. The van der Waals surface area contributed by atoms with Crippen LogP contribution in [0, 0.1) is 29.5 Å². The average molecular weight is 324 g/mol. The molecular weight excluding hydrogens is 304 g/mol. The van der Waals surface area contributed by atoms with Crippen molar-refractivity contribution in [2.24, 2.45) is 11.8 Å². The first kappa shape index (κ1) is 17.6. The van der Waals surface area contributed by atoms with Gasteiger partial charge < -0.3 is 0 Å². The van der Waals surface area contributed by atoms with E-state index < -0.39 is 17.6 Å². The Bertz CT molecular complexity index is 608. The molecule has 0 saturated heterocycles. The molecule has 0 radical (unpaired) electrons. The number of rotatable bonds is 2. The highest BCUT2D eigenvalue weighted by Gasteiger charge is 2.33. The summed E-state index contributed by atoms with van der Waals surface area (Å²) in [6.07, 6.45) is 5.14. The number of benzene rings is 1. The van der Waals surface area contributed by atoms with Crippen LogP contribution in [0.3, 0.4) is 0 Å². The molecule has 1 fully saturated rings. The van der Waals surface area contributed by atoms with Crippen molar-refractivity contribution >= 4 is 0 Å². The lowest BCUT2D eigenvalue weighted by atomic mass is 9.81.